The molecule has 0 fully saturated rings. The third-order valence-electron chi connectivity index (χ3n) is 2.70. The molecule has 0 aromatic heterocycles. The van der Waals surface area contributed by atoms with Crippen LogP contribution in [0.3, 0.4) is 0 Å². The molecule has 0 atom stereocenters. The van der Waals surface area contributed by atoms with Crippen LogP contribution in [-0.2, 0) is 0 Å². The van der Waals surface area contributed by atoms with Crippen LogP contribution in [0.15, 0.2) is 18.2 Å². The standard InChI is InChI=1S/C13H17BrClNO2/c1-13(2,5-6-14)8-16-12(18)10-4-3-9(15)7-11(10)17/h3-4,7,17H,5-6,8H2,1-2H3,(H,16,18). The number of benzene rings is 1. The minimum Gasteiger partial charge on any atom is -0.507 e. The highest BCUT2D eigenvalue weighted by atomic mass is 79.9. The Morgan fingerprint density at radius 3 is 2.72 bits per heavy atom. The second-order valence-corrected chi connectivity index (χ2v) is 6.18. The summed E-state index contributed by atoms with van der Waals surface area (Å²) in [5, 5.41) is 13.8. The van der Waals surface area contributed by atoms with Gasteiger partial charge in [-0.25, -0.2) is 0 Å². The molecule has 1 amide bonds. The van der Waals surface area contributed by atoms with Crippen LogP contribution in [0.4, 0.5) is 0 Å². The van der Waals surface area contributed by atoms with Gasteiger partial charge in [0.15, 0.2) is 0 Å². The average Bonchev–Trinajstić information content (AvgIpc) is 2.26. The van der Waals surface area contributed by atoms with Gasteiger partial charge < -0.3 is 10.4 Å². The summed E-state index contributed by atoms with van der Waals surface area (Å²) in [6.07, 6.45) is 0.958. The van der Waals surface area contributed by atoms with Crippen molar-refractivity contribution < 1.29 is 9.90 Å². The van der Waals surface area contributed by atoms with Gasteiger partial charge in [0.25, 0.3) is 5.91 Å². The maximum absolute atomic E-state index is 11.9. The zero-order chi connectivity index (χ0) is 13.8. The van der Waals surface area contributed by atoms with E-state index in [1.165, 1.54) is 12.1 Å². The molecule has 0 saturated carbocycles. The lowest BCUT2D eigenvalue weighted by Crippen LogP contribution is -2.34. The summed E-state index contributed by atoms with van der Waals surface area (Å²) in [5.41, 5.74) is 0.260. The van der Waals surface area contributed by atoms with Gasteiger partial charge in [0.2, 0.25) is 0 Å². The Labute approximate surface area is 121 Å². The van der Waals surface area contributed by atoms with Crippen molar-refractivity contribution in [3.63, 3.8) is 0 Å². The van der Waals surface area contributed by atoms with E-state index in [0.29, 0.717) is 11.6 Å². The van der Waals surface area contributed by atoms with Gasteiger partial charge in [0.1, 0.15) is 5.75 Å². The number of rotatable bonds is 5. The predicted molar refractivity (Wildman–Crippen MR) is 77.6 cm³/mol. The van der Waals surface area contributed by atoms with Gasteiger partial charge in [-0.05, 0) is 30.0 Å². The molecule has 0 aliphatic rings. The first-order valence-corrected chi connectivity index (χ1v) is 7.18. The van der Waals surface area contributed by atoms with Crippen molar-refractivity contribution in [3.05, 3.63) is 28.8 Å². The average molecular weight is 335 g/mol. The fourth-order valence-corrected chi connectivity index (χ4v) is 2.70. The SMILES string of the molecule is CC(C)(CCBr)CNC(=O)c1ccc(Cl)cc1O. The molecule has 0 aliphatic heterocycles. The number of aromatic hydroxyl groups is 1. The molecule has 1 rings (SSSR count). The molecule has 3 nitrogen and oxygen atoms in total. The number of phenolic OH excluding ortho intramolecular Hbond substituents is 1. The molecule has 18 heavy (non-hydrogen) atoms. The topological polar surface area (TPSA) is 49.3 Å². The molecular weight excluding hydrogens is 318 g/mol. The maximum atomic E-state index is 11.9. The minimum absolute atomic E-state index is 0.0151. The van der Waals surface area contributed by atoms with Gasteiger partial charge in [0, 0.05) is 16.9 Å². The molecule has 0 aliphatic carbocycles. The third kappa shape index (κ3) is 4.50. The van der Waals surface area contributed by atoms with Crippen molar-refractivity contribution in [3.8, 4) is 5.75 Å². The summed E-state index contributed by atoms with van der Waals surface area (Å²) in [4.78, 5) is 11.9. The Morgan fingerprint density at radius 1 is 1.50 bits per heavy atom. The molecular formula is C13H17BrClNO2. The number of nitrogens with one attached hydrogen (secondary N) is 1. The largest absolute Gasteiger partial charge is 0.507 e. The smallest absolute Gasteiger partial charge is 0.255 e. The van der Waals surface area contributed by atoms with Crippen molar-refractivity contribution in [2.75, 3.05) is 11.9 Å². The molecule has 1 aromatic rings. The van der Waals surface area contributed by atoms with E-state index in [-0.39, 0.29) is 22.6 Å². The van der Waals surface area contributed by atoms with Crippen LogP contribution >= 0.6 is 27.5 Å². The number of amides is 1. The van der Waals surface area contributed by atoms with Gasteiger partial charge in [-0.3, -0.25) is 4.79 Å². The molecule has 0 unspecified atom stereocenters. The number of hydrogen-bond acceptors (Lipinski definition) is 2. The Kier molecular flexibility index (Phi) is 5.47. The van der Waals surface area contributed by atoms with Gasteiger partial charge in [-0.15, -0.1) is 0 Å². The lowest BCUT2D eigenvalue weighted by atomic mass is 9.90. The molecule has 2 N–H and O–H groups in total. The van der Waals surface area contributed by atoms with Crippen LogP contribution in [0.1, 0.15) is 30.6 Å². The normalized spacial score (nSPS) is 11.3. The lowest BCUT2D eigenvalue weighted by Gasteiger charge is -2.23. The van der Waals surface area contributed by atoms with E-state index in [1.807, 2.05) is 0 Å². The molecule has 0 heterocycles. The number of phenols is 1. The monoisotopic (exact) mass is 333 g/mol. The Bertz CT molecular complexity index is 435. The molecule has 0 saturated heterocycles. The molecule has 100 valence electrons. The highest BCUT2D eigenvalue weighted by molar-refractivity contribution is 9.09. The van der Waals surface area contributed by atoms with Gasteiger partial charge in [0.05, 0.1) is 5.56 Å². The first kappa shape index (κ1) is 15.3. The molecule has 0 radical (unpaired) electrons. The van der Waals surface area contributed by atoms with E-state index in [9.17, 15) is 9.90 Å². The fourth-order valence-electron chi connectivity index (χ4n) is 1.46. The van der Waals surface area contributed by atoms with Crippen molar-refractivity contribution >= 4 is 33.4 Å². The third-order valence-corrected chi connectivity index (χ3v) is 3.33. The lowest BCUT2D eigenvalue weighted by molar-refractivity contribution is 0.0933. The zero-order valence-electron chi connectivity index (χ0n) is 10.5. The van der Waals surface area contributed by atoms with Crippen molar-refractivity contribution in [1.82, 2.24) is 5.32 Å². The number of carbonyl (C=O) groups excluding carboxylic acids is 1. The Hall–Kier alpha value is -0.740. The molecule has 0 bridgehead atoms. The van der Waals surface area contributed by atoms with Gasteiger partial charge in [-0.1, -0.05) is 41.4 Å². The molecule has 5 heteroatoms. The minimum atomic E-state index is -0.285. The molecule has 0 spiro atoms. The van der Waals surface area contributed by atoms with Gasteiger partial charge in [-0.2, -0.15) is 0 Å². The second-order valence-electron chi connectivity index (χ2n) is 4.95. The summed E-state index contributed by atoms with van der Waals surface area (Å²) in [7, 11) is 0. The van der Waals surface area contributed by atoms with Crippen molar-refractivity contribution in [2.24, 2.45) is 5.41 Å². The van der Waals surface area contributed by atoms with E-state index < -0.39 is 0 Å². The Morgan fingerprint density at radius 2 is 2.17 bits per heavy atom. The number of halogens is 2. The zero-order valence-corrected chi connectivity index (χ0v) is 12.8. The summed E-state index contributed by atoms with van der Waals surface area (Å²) in [6, 6.07) is 4.46. The summed E-state index contributed by atoms with van der Waals surface area (Å²) in [5.74, 6) is -0.384. The number of alkyl halides is 1. The van der Waals surface area contributed by atoms with Crippen LogP contribution in [-0.4, -0.2) is 22.9 Å². The first-order valence-electron chi connectivity index (χ1n) is 5.68. The van der Waals surface area contributed by atoms with Crippen LogP contribution in [0.25, 0.3) is 0 Å². The second kappa shape index (κ2) is 6.43. The van der Waals surface area contributed by atoms with Crippen LogP contribution < -0.4 is 5.32 Å². The van der Waals surface area contributed by atoms with Crippen molar-refractivity contribution in [1.29, 1.82) is 0 Å². The van der Waals surface area contributed by atoms with E-state index >= 15 is 0 Å². The van der Waals surface area contributed by atoms with E-state index in [1.54, 1.807) is 6.07 Å². The van der Waals surface area contributed by atoms with E-state index in [0.717, 1.165) is 11.8 Å². The number of carbonyl (C=O) groups is 1. The summed E-state index contributed by atoms with van der Waals surface area (Å²) in [6.45, 7) is 4.71. The van der Waals surface area contributed by atoms with Crippen LogP contribution in [0.2, 0.25) is 5.02 Å². The quantitative estimate of drug-likeness (QED) is 0.809. The fraction of sp³-hybridized carbons (Fsp3) is 0.462. The maximum Gasteiger partial charge on any atom is 0.255 e. The number of hydrogen-bond donors (Lipinski definition) is 2. The van der Waals surface area contributed by atoms with Crippen LogP contribution in [0, 0.1) is 5.41 Å². The Balaban J connectivity index is 2.66. The van der Waals surface area contributed by atoms with E-state index in [2.05, 4.69) is 35.1 Å². The van der Waals surface area contributed by atoms with E-state index in [4.69, 9.17) is 11.6 Å². The van der Waals surface area contributed by atoms with Gasteiger partial charge >= 0.3 is 0 Å². The first-order chi connectivity index (χ1) is 8.35. The highest BCUT2D eigenvalue weighted by Gasteiger charge is 2.19. The van der Waals surface area contributed by atoms with Crippen molar-refractivity contribution in [2.45, 2.75) is 20.3 Å². The summed E-state index contributed by atoms with van der Waals surface area (Å²) < 4.78 is 0. The summed E-state index contributed by atoms with van der Waals surface area (Å²) >= 11 is 9.10. The van der Waals surface area contributed by atoms with Crippen LogP contribution in [0.5, 0.6) is 5.75 Å². The highest BCUT2D eigenvalue weighted by Crippen LogP contribution is 2.23. The molecule has 1 aromatic carbocycles. The predicted octanol–water partition coefficient (Wildman–Crippen LogP) is 3.59.